The first-order chi connectivity index (χ1) is 18.6. The summed E-state index contributed by atoms with van der Waals surface area (Å²) in [4.78, 5) is 15.0. The number of benzene rings is 1. The van der Waals surface area contributed by atoms with E-state index in [2.05, 4.69) is 10.1 Å². The van der Waals surface area contributed by atoms with E-state index in [0.717, 1.165) is 35.5 Å². The van der Waals surface area contributed by atoms with Gasteiger partial charge in [0.15, 0.2) is 5.82 Å². The molecule has 3 aromatic rings. The molecule has 2 fully saturated rings. The first-order valence-corrected chi connectivity index (χ1v) is 14.5. The van der Waals surface area contributed by atoms with E-state index in [-0.39, 0.29) is 16.7 Å². The quantitative estimate of drug-likeness (QED) is 0.281. The highest BCUT2D eigenvalue weighted by Gasteiger charge is 2.43. The summed E-state index contributed by atoms with van der Waals surface area (Å²) >= 11 is 14.4. The van der Waals surface area contributed by atoms with Crippen molar-refractivity contribution in [2.24, 2.45) is 0 Å². The van der Waals surface area contributed by atoms with E-state index in [0.29, 0.717) is 59.5 Å². The molecule has 0 spiro atoms. The van der Waals surface area contributed by atoms with Crippen molar-refractivity contribution in [2.75, 3.05) is 0 Å². The molecule has 6 rings (SSSR count). The molecule has 3 aliphatic carbocycles. The third-order valence-corrected chi connectivity index (χ3v) is 9.88. The molecule has 0 bridgehead atoms. The maximum absolute atomic E-state index is 14.7. The number of alkyl halides is 1. The number of aliphatic hydroxyl groups is 1. The predicted octanol–water partition coefficient (Wildman–Crippen LogP) is 7.12. The summed E-state index contributed by atoms with van der Waals surface area (Å²) in [7, 11) is 0. The average molecular weight is 594 g/mol. The van der Waals surface area contributed by atoms with E-state index in [1.54, 1.807) is 0 Å². The SMILES string of the molecule is CC1(Cl)C=CC=C(Cl)C1c1noc(C2CC2)c1COC1CCC(O)(c2nc3ccc(C(=O)O)c(F)c3s2)CC1. The van der Waals surface area contributed by atoms with Crippen molar-refractivity contribution in [3.8, 4) is 0 Å². The zero-order valence-corrected chi connectivity index (χ0v) is 23.5. The second-order valence-electron chi connectivity index (χ2n) is 10.8. The average Bonchev–Trinajstić information content (AvgIpc) is 3.48. The maximum atomic E-state index is 14.7. The molecule has 0 amide bonds. The van der Waals surface area contributed by atoms with Gasteiger partial charge in [-0.1, -0.05) is 28.9 Å². The number of fused-ring (bicyclic) bond motifs is 1. The van der Waals surface area contributed by atoms with Crippen LogP contribution in [0.25, 0.3) is 10.2 Å². The fraction of sp³-hybridized carbons (Fsp3) is 0.464. The molecular formula is C28H27Cl2FN2O5S. The fourth-order valence-electron chi connectivity index (χ4n) is 5.54. The second-order valence-corrected chi connectivity index (χ2v) is 13.1. The van der Waals surface area contributed by atoms with Gasteiger partial charge in [-0.25, -0.2) is 14.2 Å². The fourth-order valence-corrected chi connectivity index (χ4v) is 7.44. The van der Waals surface area contributed by atoms with Gasteiger partial charge in [0.05, 0.1) is 45.0 Å². The number of aromatic nitrogens is 2. The van der Waals surface area contributed by atoms with E-state index in [1.807, 2.05) is 25.2 Å². The minimum absolute atomic E-state index is 0.107. The standard InChI is InChI=1S/C28H27Cl2FN2O5S/c1-27(30)10-2-3-18(29)20(27)22-17(23(38-33-22)14-4-5-14)13-37-15-8-11-28(36,12-9-15)26-32-19-7-6-16(25(34)35)21(31)24(19)39-26/h2-3,6-7,10,14-15,20,36H,4-5,8-9,11-13H2,1H3,(H,34,35). The van der Waals surface area contributed by atoms with Gasteiger partial charge in [-0.05, 0) is 63.7 Å². The highest BCUT2D eigenvalue weighted by Crippen LogP contribution is 2.49. The first kappa shape index (κ1) is 26.9. The molecule has 2 unspecified atom stereocenters. The number of halogens is 3. The van der Waals surface area contributed by atoms with Gasteiger partial charge in [0, 0.05) is 16.5 Å². The van der Waals surface area contributed by atoms with Crippen molar-refractivity contribution in [1.29, 1.82) is 0 Å². The van der Waals surface area contributed by atoms with E-state index < -0.39 is 27.8 Å². The van der Waals surface area contributed by atoms with Crippen LogP contribution < -0.4 is 0 Å². The monoisotopic (exact) mass is 592 g/mol. The van der Waals surface area contributed by atoms with Crippen LogP contribution in [0.3, 0.4) is 0 Å². The van der Waals surface area contributed by atoms with Crippen molar-refractivity contribution < 1.29 is 28.7 Å². The van der Waals surface area contributed by atoms with Gasteiger partial charge in [0.25, 0.3) is 0 Å². The number of carboxylic acid groups (broad SMARTS) is 1. The molecule has 2 saturated carbocycles. The third kappa shape index (κ3) is 4.93. The molecule has 3 aliphatic rings. The normalized spacial score (nSPS) is 29.1. The van der Waals surface area contributed by atoms with Crippen molar-refractivity contribution in [1.82, 2.24) is 10.1 Å². The molecule has 0 aliphatic heterocycles. The number of carbonyl (C=O) groups is 1. The van der Waals surface area contributed by atoms with Crippen molar-refractivity contribution in [3.05, 3.63) is 68.8 Å². The Bertz CT molecular complexity index is 1500. The minimum Gasteiger partial charge on any atom is -0.478 e. The van der Waals surface area contributed by atoms with Crippen LogP contribution in [0.4, 0.5) is 4.39 Å². The van der Waals surface area contributed by atoms with E-state index >= 15 is 0 Å². The Hall–Kier alpha value is -2.30. The number of aromatic carboxylic acids is 1. The summed E-state index contributed by atoms with van der Waals surface area (Å²) in [5.41, 5.74) is 0.301. The molecule has 11 heteroatoms. The lowest BCUT2D eigenvalue weighted by Crippen LogP contribution is -2.34. The third-order valence-electron chi connectivity index (χ3n) is 7.94. The number of nitrogens with zero attached hydrogens (tertiary/aromatic N) is 2. The highest BCUT2D eigenvalue weighted by molar-refractivity contribution is 7.18. The molecule has 7 nitrogen and oxygen atoms in total. The summed E-state index contributed by atoms with van der Waals surface area (Å²) in [5.74, 6) is -1.35. The molecular weight excluding hydrogens is 566 g/mol. The zero-order chi connectivity index (χ0) is 27.5. The van der Waals surface area contributed by atoms with E-state index in [1.165, 1.54) is 12.1 Å². The lowest BCUT2D eigenvalue weighted by molar-refractivity contribution is -0.0642. The second kappa shape index (κ2) is 9.96. The molecule has 2 atom stereocenters. The van der Waals surface area contributed by atoms with Gasteiger partial charge in [-0.2, -0.15) is 0 Å². The van der Waals surface area contributed by atoms with Crippen LogP contribution >= 0.6 is 34.5 Å². The summed E-state index contributed by atoms with van der Waals surface area (Å²) < 4.78 is 27.0. The Balaban J connectivity index is 1.17. The van der Waals surface area contributed by atoms with E-state index in [4.69, 9.17) is 32.5 Å². The lowest BCUT2D eigenvalue weighted by atomic mass is 9.83. The van der Waals surface area contributed by atoms with E-state index in [9.17, 15) is 19.4 Å². The number of hydrogen-bond acceptors (Lipinski definition) is 7. The predicted molar refractivity (Wildman–Crippen MR) is 146 cm³/mol. The first-order valence-electron chi connectivity index (χ1n) is 13.0. The lowest BCUT2D eigenvalue weighted by Gasteiger charge is -2.34. The summed E-state index contributed by atoms with van der Waals surface area (Å²) in [6.07, 6.45) is 9.48. The van der Waals surface area contributed by atoms with Gasteiger partial charge in [0.2, 0.25) is 0 Å². The highest BCUT2D eigenvalue weighted by atomic mass is 35.5. The van der Waals surface area contributed by atoms with Crippen LogP contribution in [-0.4, -0.2) is 37.3 Å². The Kier molecular flexibility index (Phi) is 6.87. The smallest absolute Gasteiger partial charge is 0.338 e. The minimum atomic E-state index is -1.34. The Morgan fingerprint density at radius 2 is 2.03 bits per heavy atom. The molecule has 0 saturated heterocycles. The van der Waals surface area contributed by atoms with Gasteiger partial charge in [0.1, 0.15) is 16.4 Å². The largest absolute Gasteiger partial charge is 0.478 e. The van der Waals surface area contributed by atoms with Gasteiger partial charge < -0.3 is 19.5 Å². The number of thiazole rings is 1. The topological polar surface area (TPSA) is 106 Å². The van der Waals surface area contributed by atoms with Crippen LogP contribution in [-0.2, 0) is 16.9 Å². The van der Waals surface area contributed by atoms with Crippen molar-refractivity contribution in [3.63, 3.8) is 0 Å². The summed E-state index contributed by atoms with van der Waals surface area (Å²) in [6, 6.07) is 2.68. The van der Waals surface area contributed by atoms with Crippen LogP contribution in [0.1, 0.15) is 89.7 Å². The number of carboxylic acids is 1. The van der Waals surface area contributed by atoms with Gasteiger partial charge in [-0.15, -0.1) is 22.9 Å². The maximum Gasteiger partial charge on any atom is 0.338 e. The summed E-state index contributed by atoms with van der Waals surface area (Å²) in [6.45, 7) is 2.20. The summed E-state index contributed by atoms with van der Waals surface area (Å²) in [5, 5.41) is 26.0. The molecule has 206 valence electrons. The number of hydrogen-bond donors (Lipinski definition) is 2. The molecule has 2 N–H and O–H groups in total. The molecule has 1 aromatic carbocycles. The molecule has 0 radical (unpaired) electrons. The van der Waals surface area contributed by atoms with Gasteiger partial charge >= 0.3 is 5.97 Å². The molecule has 39 heavy (non-hydrogen) atoms. The Morgan fingerprint density at radius 3 is 2.69 bits per heavy atom. The molecule has 2 aromatic heterocycles. The number of rotatable bonds is 7. The number of ether oxygens (including phenoxy) is 1. The van der Waals surface area contributed by atoms with Crippen LogP contribution in [0.15, 0.2) is 39.9 Å². The van der Waals surface area contributed by atoms with Crippen molar-refractivity contribution >= 4 is 50.7 Å². The Labute approximate surface area is 238 Å². The van der Waals surface area contributed by atoms with Gasteiger partial charge in [-0.3, -0.25) is 0 Å². The van der Waals surface area contributed by atoms with Crippen LogP contribution in [0, 0.1) is 5.82 Å². The van der Waals surface area contributed by atoms with Crippen LogP contribution in [0.2, 0.25) is 0 Å². The molecule has 2 heterocycles. The van der Waals surface area contributed by atoms with Crippen molar-refractivity contribution in [2.45, 2.75) is 80.5 Å². The Morgan fingerprint density at radius 1 is 1.28 bits per heavy atom. The zero-order valence-electron chi connectivity index (χ0n) is 21.1. The number of allylic oxidation sites excluding steroid dienone is 4. The van der Waals surface area contributed by atoms with Crippen LogP contribution in [0.5, 0.6) is 0 Å².